The number of nitrogens with one attached hydrogen (secondary N) is 1. The number of hydrogen-bond acceptors (Lipinski definition) is 5. The SMILES string of the molecule is CCCCN(C)C1=C2OCCN(C3CCC(=O)NC3=O)C2=CCC1. The lowest BCUT2D eigenvalue weighted by molar-refractivity contribution is -0.137. The Bertz CT molecular complexity index is 582. The molecule has 0 spiro atoms. The summed E-state index contributed by atoms with van der Waals surface area (Å²) in [6, 6.07) is -0.270. The van der Waals surface area contributed by atoms with Crippen molar-refractivity contribution < 1.29 is 14.3 Å². The van der Waals surface area contributed by atoms with Gasteiger partial charge in [0.25, 0.3) is 0 Å². The van der Waals surface area contributed by atoms with Gasteiger partial charge in [-0.15, -0.1) is 0 Å². The summed E-state index contributed by atoms with van der Waals surface area (Å²) >= 11 is 0. The Labute approximate surface area is 143 Å². The van der Waals surface area contributed by atoms with E-state index in [1.54, 1.807) is 0 Å². The molecule has 2 aliphatic heterocycles. The highest BCUT2D eigenvalue weighted by Gasteiger charge is 2.37. The molecule has 2 saturated heterocycles. The maximum Gasteiger partial charge on any atom is 0.249 e. The Hall–Kier alpha value is -1.98. The summed E-state index contributed by atoms with van der Waals surface area (Å²) in [6.45, 7) is 4.48. The Kier molecular flexibility index (Phi) is 5.11. The van der Waals surface area contributed by atoms with E-state index < -0.39 is 0 Å². The van der Waals surface area contributed by atoms with E-state index in [1.165, 1.54) is 12.1 Å². The number of imide groups is 1. The van der Waals surface area contributed by atoms with Gasteiger partial charge in [-0.25, -0.2) is 0 Å². The highest BCUT2D eigenvalue weighted by atomic mass is 16.5. The van der Waals surface area contributed by atoms with E-state index in [1.807, 2.05) is 0 Å². The van der Waals surface area contributed by atoms with Gasteiger partial charge in [-0.1, -0.05) is 19.4 Å². The van der Waals surface area contributed by atoms with E-state index in [2.05, 4.69) is 35.2 Å². The standard InChI is InChI=1S/C18H27N3O3/c1-3-4-10-20(2)13-6-5-7-14-17(13)24-12-11-21(14)15-8-9-16(22)19-18(15)23/h7,15H,3-6,8-12H2,1-2H3,(H,19,22,23). The predicted octanol–water partition coefficient (Wildman–Crippen LogP) is 1.74. The Morgan fingerprint density at radius 2 is 2.21 bits per heavy atom. The number of fused-ring (bicyclic) bond motifs is 1. The van der Waals surface area contributed by atoms with Crippen molar-refractivity contribution in [3.05, 3.63) is 23.2 Å². The van der Waals surface area contributed by atoms with Gasteiger partial charge >= 0.3 is 0 Å². The van der Waals surface area contributed by atoms with Crippen LogP contribution in [-0.2, 0) is 14.3 Å². The summed E-state index contributed by atoms with van der Waals surface area (Å²) in [6.07, 6.45) is 7.41. The first kappa shape index (κ1) is 16.9. The Balaban J connectivity index is 1.82. The fourth-order valence-electron chi connectivity index (χ4n) is 3.67. The normalized spacial score (nSPS) is 24.2. The second-order valence-electron chi connectivity index (χ2n) is 6.69. The fraction of sp³-hybridized carbons (Fsp3) is 0.667. The number of nitrogens with zero attached hydrogens (tertiary/aromatic N) is 2. The van der Waals surface area contributed by atoms with Gasteiger partial charge in [0.2, 0.25) is 11.8 Å². The molecule has 6 heteroatoms. The molecule has 0 bridgehead atoms. The molecule has 0 aromatic carbocycles. The highest BCUT2D eigenvalue weighted by Crippen LogP contribution is 2.35. The molecule has 0 aromatic heterocycles. The molecule has 2 amide bonds. The van der Waals surface area contributed by atoms with Crippen LogP contribution in [0.15, 0.2) is 23.2 Å². The Morgan fingerprint density at radius 1 is 1.38 bits per heavy atom. The predicted molar refractivity (Wildman–Crippen MR) is 90.7 cm³/mol. The average molecular weight is 333 g/mol. The molecule has 132 valence electrons. The smallest absolute Gasteiger partial charge is 0.249 e. The minimum absolute atomic E-state index is 0.169. The van der Waals surface area contributed by atoms with Crippen molar-refractivity contribution in [2.75, 3.05) is 26.7 Å². The number of piperidine rings is 1. The van der Waals surface area contributed by atoms with Crippen LogP contribution < -0.4 is 5.32 Å². The third kappa shape index (κ3) is 3.28. The molecule has 24 heavy (non-hydrogen) atoms. The minimum atomic E-state index is -0.270. The molecular weight excluding hydrogens is 306 g/mol. The topological polar surface area (TPSA) is 61.9 Å². The summed E-state index contributed by atoms with van der Waals surface area (Å²) in [5, 5.41) is 2.47. The van der Waals surface area contributed by atoms with Crippen LogP contribution >= 0.6 is 0 Å². The van der Waals surface area contributed by atoms with Crippen molar-refractivity contribution in [3.63, 3.8) is 0 Å². The van der Waals surface area contributed by atoms with Crippen LogP contribution in [0.3, 0.4) is 0 Å². The van der Waals surface area contributed by atoms with Gasteiger partial charge in [-0.05, 0) is 25.7 Å². The van der Waals surface area contributed by atoms with Crippen LogP contribution in [0.2, 0.25) is 0 Å². The summed E-state index contributed by atoms with van der Waals surface area (Å²) in [5.74, 6) is 0.577. The third-order valence-electron chi connectivity index (χ3n) is 5.00. The van der Waals surface area contributed by atoms with Gasteiger partial charge in [-0.2, -0.15) is 0 Å². The first-order valence-electron chi connectivity index (χ1n) is 8.99. The number of morpholine rings is 1. The summed E-state index contributed by atoms with van der Waals surface area (Å²) in [4.78, 5) is 28.1. The van der Waals surface area contributed by atoms with Crippen LogP contribution in [0.1, 0.15) is 45.4 Å². The van der Waals surface area contributed by atoms with E-state index in [0.717, 1.165) is 37.3 Å². The number of carbonyl (C=O) groups is 2. The maximum atomic E-state index is 12.3. The second-order valence-corrected chi connectivity index (χ2v) is 6.69. The summed E-state index contributed by atoms with van der Waals surface area (Å²) < 4.78 is 6.00. The minimum Gasteiger partial charge on any atom is -0.488 e. The number of carbonyl (C=O) groups excluding carboxylic acids is 2. The first-order valence-corrected chi connectivity index (χ1v) is 8.99. The summed E-state index contributed by atoms with van der Waals surface area (Å²) in [7, 11) is 2.12. The van der Waals surface area contributed by atoms with E-state index in [9.17, 15) is 9.59 Å². The number of ether oxygens (including phenoxy) is 1. The van der Waals surface area contributed by atoms with E-state index in [-0.39, 0.29) is 17.9 Å². The largest absolute Gasteiger partial charge is 0.488 e. The number of hydrogen-bond donors (Lipinski definition) is 1. The van der Waals surface area contributed by atoms with Gasteiger partial charge in [-0.3, -0.25) is 14.9 Å². The Morgan fingerprint density at radius 3 is 2.96 bits per heavy atom. The zero-order chi connectivity index (χ0) is 17.1. The van der Waals surface area contributed by atoms with Crippen molar-refractivity contribution in [1.82, 2.24) is 15.1 Å². The lowest BCUT2D eigenvalue weighted by atomic mass is 9.98. The molecule has 2 heterocycles. The van der Waals surface area contributed by atoms with Crippen LogP contribution in [-0.4, -0.2) is 54.4 Å². The molecule has 0 aromatic rings. The molecule has 3 aliphatic rings. The third-order valence-corrected chi connectivity index (χ3v) is 5.00. The molecule has 1 N–H and O–H groups in total. The van der Waals surface area contributed by atoms with Gasteiger partial charge in [0.05, 0.1) is 17.9 Å². The summed E-state index contributed by atoms with van der Waals surface area (Å²) in [5.41, 5.74) is 2.26. The quantitative estimate of drug-likeness (QED) is 0.777. The molecular formula is C18H27N3O3. The fourth-order valence-corrected chi connectivity index (χ4v) is 3.67. The van der Waals surface area contributed by atoms with Gasteiger partial charge in [0, 0.05) is 20.0 Å². The molecule has 0 saturated carbocycles. The highest BCUT2D eigenvalue weighted by molar-refractivity contribution is 6.00. The second kappa shape index (κ2) is 7.28. The molecule has 2 fully saturated rings. The van der Waals surface area contributed by atoms with Crippen molar-refractivity contribution in [2.45, 2.75) is 51.5 Å². The number of allylic oxidation sites excluding steroid dienone is 2. The lowest BCUT2D eigenvalue weighted by Crippen LogP contribution is -2.54. The van der Waals surface area contributed by atoms with E-state index in [4.69, 9.17) is 4.74 Å². The molecule has 3 rings (SSSR count). The van der Waals surface area contributed by atoms with Crippen LogP contribution in [0, 0.1) is 0 Å². The van der Waals surface area contributed by atoms with Gasteiger partial charge in [0.1, 0.15) is 12.6 Å². The first-order chi connectivity index (χ1) is 11.6. The monoisotopic (exact) mass is 333 g/mol. The van der Waals surface area contributed by atoms with Gasteiger partial charge < -0.3 is 14.5 Å². The van der Waals surface area contributed by atoms with E-state index in [0.29, 0.717) is 26.0 Å². The molecule has 0 radical (unpaired) electrons. The molecule has 6 nitrogen and oxygen atoms in total. The lowest BCUT2D eigenvalue weighted by Gasteiger charge is -2.42. The van der Waals surface area contributed by atoms with Crippen molar-refractivity contribution in [3.8, 4) is 0 Å². The zero-order valence-electron chi connectivity index (χ0n) is 14.6. The van der Waals surface area contributed by atoms with Crippen molar-refractivity contribution in [1.29, 1.82) is 0 Å². The zero-order valence-corrected chi connectivity index (χ0v) is 14.6. The number of amides is 2. The maximum absolute atomic E-state index is 12.3. The molecule has 1 aliphatic carbocycles. The number of rotatable bonds is 5. The van der Waals surface area contributed by atoms with Gasteiger partial charge in [0.15, 0.2) is 5.76 Å². The van der Waals surface area contributed by atoms with Crippen molar-refractivity contribution in [2.24, 2.45) is 0 Å². The van der Waals surface area contributed by atoms with Crippen LogP contribution in [0.4, 0.5) is 0 Å². The average Bonchev–Trinajstić information content (AvgIpc) is 2.59. The molecule has 1 atom stereocenters. The van der Waals surface area contributed by atoms with E-state index >= 15 is 0 Å². The number of unbranched alkanes of at least 4 members (excludes halogenated alkanes) is 1. The molecule has 1 unspecified atom stereocenters. The van der Waals surface area contributed by atoms with Crippen LogP contribution in [0.25, 0.3) is 0 Å². The van der Waals surface area contributed by atoms with Crippen molar-refractivity contribution >= 4 is 11.8 Å². The van der Waals surface area contributed by atoms with Crippen LogP contribution in [0.5, 0.6) is 0 Å².